The Bertz CT molecular complexity index is 580. The first-order valence-electron chi connectivity index (χ1n) is 5.83. The van der Waals surface area contributed by atoms with Crippen LogP contribution in [-0.2, 0) is 0 Å². The largest absolute Gasteiger partial charge is 0.496 e. The Morgan fingerprint density at radius 3 is 2.53 bits per heavy atom. The van der Waals surface area contributed by atoms with Crippen molar-refractivity contribution in [1.82, 2.24) is 5.43 Å². The van der Waals surface area contributed by atoms with Crippen molar-refractivity contribution in [2.75, 3.05) is 7.11 Å². The van der Waals surface area contributed by atoms with E-state index in [0.29, 0.717) is 11.3 Å². The molecule has 0 aliphatic heterocycles. The Hall–Kier alpha value is -2.62. The van der Waals surface area contributed by atoms with Crippen molar-refractivity contribution < 1.29 is 9.53 Å². The Morgan fingerprint density at radius 1 is 1.11 bits per heavy atom. The van der Waals surface area contributed by atoms with Crippen LogP contribution in [0.15, 0.2) is 59.7 Å². The van der Waals surface area contributed by atoms with Crippen molar-refractivity contribution in [1.29, 1.82) is 0 Å². The average Bonchev–Trinajstić information content (AvgIpc) is 2.48. The monoisotopic (exact) mass is 254 g/mol. The number of ether oxygens (including phenoxy) is 1. The Labute approximate surface area is 111 Å². The maximum absolute atomic E-state index is 11.7. The van der Waals surface area contributed by atoms with Gasteiger partial charge in [0.05, 0.1) is 13.3 Å². The van der Waals surface area contributed by atoms with Gasteiger partial charge in [-0.2, -0.15) is 5.10 Å². The highest BCUT2D eigenvalue weighted by Gasteiger charge is 2.02. The fourth-order valence-corrected chi connectivity index (χ4v) is 1.59. The number of para-hydroxylation sites is 1. The van der Waals surface area contributed by atoms with Crippen molar-refractivity contribution in [3.8, 4) is 5.75 Å². The van der Waals surface area contributed by atoms with E-state index < -0.39 is 0 Å². The SMILES string of the molecule is COc1ccccc1/C=N\NC(=O)c1ccccc1. The van der Waals surface area contributed by atoms with E-state index in [1.165, 1.54) is 0 Å². The van der Waals surface area contributed by atoms with Crippen molar-refractivity contribution in [3.05, 3.63) is 65.7 Å². The second-order valence-corrected chi connectivity index (χ2v) is 3.81. The molecule has 0 radical (unpaired) electrons. The molecule has 4 nitrogen and oxygen atoms in total. The summed E-state index contributed by atoms with van der Waals surface area (Å²) in [4.78, 5) is 11.7. The van der Waals surface area contributed by atoms with Crippen LogP contribution in [0.3, 0.4) is 0 Å². The van der Waals surface area contributed by atoms with Crippen molar-refractivity contribution in [2.24, 2.45) is 5.10 Å². The van der Waals surface area contributed by atoms with Crippen LogP contribution in [0.25, 0.3) is 0 Å². The third-order valence-corrected chi connectivity index (χ3v) is 2.54. The van der Waals surface area contributed by atoms with E-state index in [1.807, 2.05) is 30.3 Å². The molecule has 1 amide bonds. The summed E-state index contributed by atoms with van der Waals surface area (Å²) in [6.45, 7) is 0. The predicted octanol–water partition coefficient (Wildman–Crippen LogP) is 2.46. The van der Waals surface area contributed by atoms with E-state index in [1.54, 1.807) is 37.6 Å². The van der Waals surface area contributed by atoms with Gasteiger partial charge in [0.15, 0.2) is 0 Å². The lowest BCUT2D eigenvalue weighted by Crippen LogP contribution is -2.17. The molecular formula is C15H14N2O2. The number of hydrazone groups is 1. The molecule has 0 aliphatic carbocycles. The summed E-state index contributed by atoms with van der Waals surface area (Å²) in [5.74, 6) is 0.465. The van der Waals surface area contributed by atoms with Gasteiger partial charge in [-0.15, -0.1) is 0 Å². The zero-order valence-electron chi connectivity index (χ0n) is 10.5. The first-order valence-corrected chi connectivity index (χ1v) is 5.83. The Balaban J connectivity index is 2.02. The van der Waals surface area contributed by atoms with Gasteiger partial charge in [-0.05, 0) is 24.3 Å². The zero-order chi connectivity index (χ0) is 13.5. The Kier molecular flexibility index (Phi) is 4.29. The molecule has 0 heterocycles. The molecule has 0 bridgehead atoms. The summed E-state index contributed by atoms with van der Waals surface area (Å²) in [6, 6.07) is 16.4. The number of hydrogen-bond acceptors (Lipinski definition) is 3. The van der Waals surface area contributed by atoms with E-state index in [0.717, 1.165) is 5.56 Å². The topological polar surface area (TPSA) is 50.7 Å². The first-order chi connectivity index (χ1) is 9.31. The lowest BCUT2D eigenvalue weighted by Gasteiger charge is -2.03. The van der Waals surface area contributed by atoms with Crippen LogP contribution in [-0.4, -0.2) is 19.2 Å². The number of carbonyl (C=O) groups excluding carboxylic acids is 1. The van der Waals surface area contributed by atoms with E-state index in [4.69, 9.17) is 4.74 Å². The van der Waals surface area contributed by atoms with Crippen molar-refractivity contribution in [3.63, 3.8) is 0 Å². The average molecular weight is 254 g/mol. The second-order valence-electron chi connectivity index (χ2n) is 3.81. The van der Waals surface area contributed by atoms with Gasteiger partial charge in [0.2, 0.25) is 0 Å². The fourth-order valence-electron chi connectivity index (χ4n) is 1.59. The van der Waals surface area contributed by atoms with Crippen molar-refractivity contribution in [2.45, 2.75) is 0 Å². The van der Waals surface area contributed by atoms with Gasteiger partial charge in [-0.3, -0.25) is 4.79 Å². The molecule has 0 spiro atoms. The number of rotatable bonds is 4. The maximum Gasteiger partial charge on any atom is 0.271 e. The van der Waals surface area contributed by atoms with E-state index in [2.05, 4.69) is 10.5 Å². The third kappa shape index (κ3) is 3.42. The smallest absolute Gasteiger partial charge is 0.271 e. The van der Waals surface area contributed by atoms with E-state index in [9.17, 15) is 4.79 Å². The number of amides is 1. The van der Waals surface area contributed by atoms with Crippen molar-refractivity contribution >= 4 is 12.1 Å². The van der Waals surface area contributed by atoms with Gasteiger partial charge in [-0.1, -0.05) is 30.3 Å². The number of nitrogens with zero attached hydrogens (tertiary/aromatic N) is 1. The lowest BCUT2D eigenvalue weighted by molar-refractivity contribution is 0.0955. The van der Waals surface area contributed by atoms with Gasteiger partial charge in [0.1, 0.15) is 5.75 Å². The van der Waals surface area contributed by atoms with Crippen LogP contribution in [0.1, 0.15) is 15.9 Å². The molecule has 2 aromatic carbocycles. The molecule has 2 rings (SSSR count). The minimum absolute atomic E-state index is 0.244. The number of methoxy groups -OCH3 is 1. The lowest BCUT2D eigenvalue weighted by atomic mass is 10.2. The van der Waals surface area contributed by atoms with Gasteiger partial charge in [0.25, 0.3) is 5.91 Å². The second kappa shape index (κ2) is 6.35. The molecule has 4 heteroatoms. The maximum atomic E-state index is 11.7. The van der Waals surface area contributed by atoms with E-state index in [-0.39, 0.29) is 5.91 Å². The first kappa shape index (κ1) is 12.8. The van der Waals surface area contributed by atoms with Gasteiger partial charge >= 0.3 is 0 Å². The molecule has 19 heavy (non-hydrogen) atoms. The van der Waals surface area contributed by atoms with Crippen LogP contribution in [0.4, 0.5) is 0 Å². The predicted molar refractivity (Wildman–Crippen MR) is 74.5 cm³/mol. The van der Waals surface area contributed by atoms with Crippen LogP contribution in [0.5, 0.6) is 5.75 Å². The number of benzene rings is 2. The summed E-state index contributed by atoms with van der Waals surface area (Å²) in [5, 5.41) is 3.92. The molecule has 0 aliphatic rings. The molecule has 0 saturated heterocycles. The quantitative estimate of drug-likeness (QED) is 0.673. The number of hydrogen-bond donors (Lipinski definition) is 1. The normalized spacial score (nSPS) is 10.4. The highest BCUT2D eigenvalue weighted by molar-refractivity contribution is 5.95. The number of carbonyl (C=O) groups is 1. The molecule has 96 valence electrons. The van der Waals surface area contributed by atoms with Gasteiger partial charge in [0, 0.05) is 11.1 Å². The number of nitrogens with one attached hydrogen (secondary N) is 1. The summed E-state index contributed by atoms with van der Waals surface area (Å²) in [6.07, 6.45) is 1.56. The highest BCUT2D eigenvalue weighted by Crippen LogP contribution is 2.14. The summed E-state index contributed by atoms with van der Waals surface area (Å²) in [5.41, 5.74) is 3.85. The summed E-state index contributed by atoms with van der Waals surface area (Å²) in [7, 11) is 1.59. The minimum Gasteiger partial charge on any atom is -0.496 e. The fraction of sp³-hybridized carbons (Fsp3) is 0.0667. The zero-order valence-corrected chi connectivity index (χ0v) is 10.5. The standard InChI is InChI=1S/C15H14N2O2/c1-19-14-10-6-5-9-13(14)11-16-17-15(18)12-7-3-2-4-8-12/h2-11H,1H3,(H,17,18)/b16-11-. The molecule has 0 unspecified atom stereocenters. The van der Waals surface area contributed by atoms with Gasteiger partial charge < -0.3 is 4.74 Å². The van der Waals surface area contributed by atoms with Crippen LogP contribution < -0.4 is 10.2 Å². The van der Waals surface area contributed by atoms with Crippen LogP contribution in [0, 0.1) is 0 Å². The van der Waals surface area contributed by atoms with Crippen LogP contribution >= 0.6 is 0 Å². The van der Waals surface area contributed by atoms with Gasteiger partial charge in [-0.25, -0.2) is 5.43 Å². The summed E-state index contributed by atoms with van der Waals surface area (Å²) < 4.78 is 5.18. The third-order valence-electron chi connectivity index (χ3n) is 2.54. The molecular weight excluding hydrogens is 240 g/mol. The molecule has 0 saturated carbocycles. The molecule has 2 aromatic rings. The minimum atomic E-state index is -0.244. The molecule has 0 aromatic heterocycles. The van der Waals surface area contributed by atoms with E-state index >= 15 is 0 Å². The Morgan fingerprint density at radius 2 is 1.79 bits per heavy atom. The molecule has 0 fully saturated rings. The molecule has 0 atom stereocenters. The van der Waals surface area contributed by atoms with Crippen LogP contribution in [0.2, 0.25) is 0 Å². The summed E-state index contributed by atoms with van der Waals surface area (Å²) >= 11 is 0. The molecule has 1 N–H and O–H groups in total. The highest BCUT2D eigenvalue weighted by atomic mass is 16.5.